The van der Waals surface area contributed by atoms with E-state index in [0.29, 0.717) is 31.9 Å². The van der Waals surface area contributed by atoms with Gasteiger partial charge < -0.3 is 20.9 Å². The van der Waals surface area contributed by atoms with Crippen molar-refractivity contribution in [3.05, 3.63) is 0 Å². The van der Waals surface area contributed by atoms with Crippen LogP contribution in [0.5, 0.6) is 0 Å². The maximum Gasteiger partial charge on any atom is 0.240 e. The summed E-state index contributed by atoms with van der Waals surface area (Å²) in [5.74, 6) is 0.202. The van der Waals surface area contributed by atoms with Crippen molar-refractivity contribution in [2.24, 2.45) is 17.1 Å². The number of ether oxygens (including phenoxy) is 1. The fraction of sp³-hybridized carbons (Fsp3) is 0.933. The molecule has 1 aliphatic carbocycles. The number of nitrogens with one attached hydrogen (secondary N) is 1. The number of carbonyl (C=O) groups is 1. The Kier molecular flexibility index (Phi) is 5.98. The van der Waals surface area contributed by atoms with E-state index in [1.165, 1.54) is 0 Å². The first-order valence-electron chi connectivity index (χ1n) is 7.63. The molecular formula is C15H30N2O3. The van der Waals surface area contributed by atoms with Gasteiger partial charge in [0.05, 0.1) is 6.10 Å². The number of hydrogen-bond donors (Lipinski definition) is 3. The monoisotopic (exact) mass is 286 g/mol. The minimum Gasteiger partial charge on any atom is -0.396 e. The Labute approximate surface area is 122 Å². The molecule has 0 spiro atoms. The molecule has 0 aromatic heterocycles. The quantitative estimate of drug-likeness (QED) is 0.622. The van der Waals surface area contributed by atoms with Gasteiger partial charge in [-0.15, -0.1) is 0 Å². The van der Waals surface area contributed by atoms with E-state index < -0.39 is 5.54 Å². The Balaban J connectivity index is 2.55. The number of amides is 1. The smallest absolute Gasteiger partial charge is 0.240 e. The molecule has 4 N–H and O–H groups in total. The first-order chi connectivity index (χ1) is 9.33. The Morgan fingerprint density at radius 3 is 2.60 bits per heavy atom. The lowest BCUT2D eigenvalue weighted by molar-refractivity contribution is -0.170. The van der Waals surface area contributed by atoms with E-state index in [1.807, 2.05) is 20.8 Å². The lowest BCUT2D eigenvalue weighted by Crippen LogP contribution is -2.75. The van der Waals surface area contributed by atoms with Crippen molar-refractivity contribution < 1.29 is 14.6 Å². The summed E-state index contributed by atoms with van der Waals surface area (Å²) >= 11 is 0. The lowest BCUT2D eigenvalue weighted by Gasteiger charge is -2.57. The predicted molar refractivity (Wildman–Crippen MR) is 79.2 cm³/mol. The second-order valence-electron chi connectivity index (χ2n) is 6.34. The summed E-state index contributed by atoms with van der Waals surface area (Å²) in [6, 6.07) is 0. The molecular weight excluding hydrogens is 256 g/mol. The molecule has 1 aliphatic rings. The molecule has 0 saturated heterocycles. The van der Waals surface area contributed by atoms with Gasteiger partial charge in [-0.25, -0.2) is 0 Å². The number of hydrogen-bond acceptors (Lipinski definition) is 4. The van der Waals surface area contributed by atoms with Crippen LogP contribution in [0.25, 0.3) is 0 Å². The van der Waals surface area contributed by atoms with Crippen LogP contribution in [-0.4, -0.2) is 42.4 Å². The van der Waals surface area contributed by atoms with E-state index in [4.69, 9.17) is 15.6 Å². The Bertz CT molecular complexity index is 333. The molecule has 0 bridgehead atoms. The van der Waals surface area contributed by atoms with Crippen LogP contribution in [0, 0.1) is 11.3 Å². The van der Waals surface area contributed by atoms with Gasteiger partial charge in [-0.1, -0.05) is 27.2 Å². The Morgan fingerprint density at radius 1 is 1.50 bits per heavy atom. The van der Waals surface area contributed by atoms with Gasteiger partial charge in [-0.05, 0) is 19.3 Å². The summed E-state index contributed by atoms with van der Waals surface area (Å²) in [6.07, 6.45) is 2.25. The minimum absolute atomic E-state index is 0.0441. The second kappa shape index (κ2) is 6.87. The van der Waals surface area contributed by atoms with Crippen LogP contribution in [0.15, 0.2) is 0 Å². The van der Waals surface area contributed by atoms with Gasteiger partial charge in [0.15, 0.2) is 0 Å². The highest BCUT2D eigenvalue weighted by Gasteiger charge is 2.62. The zero-order valence-electron chi connectivity index (χ0n) is 13.2. The lowest BCUT2D eigenvalue weighted by atomic mass is 9.54. The molecule has 0 aromatic carbocycles. The summed E-state index contributed by atoms with van der Waals surface area (Å²) in [4.78, 5) is 12.4. The van der Waals surface area contributed by atoms with Gasteiger partial charge in [0.1, 0.15) is 5.54 Å². The zero-order valence-corrected chi connectivity index (χ0v) is 13.2. The highest BCUT2D eigenvalue weighted by molar-refractivity contribution is 5.88. The average molecular weight is 286 g/mol. The van der Waals surface area contributed by atoms with Crippen molar-refractivity contribution in [2.75, 3.05) is 19.8 Å². The molecule has 1 amide bonds. The molecule has 5 heteroatoms. The zero-order chi connectivity index (χ0) is 15.4. The molecule has 3 atom stereocenters. The fourth-order valence-corrected chi connectivity index (χ4v) is 2.85. The van der Waals surface area contributed by atoms with Gasteiger partial charge >= 0.3 is 0 Å². The minimum atomic E-state index is -0.857. The highest BCUT2D eigenvalue weighted by atomic mass is 16.5. The second-order valence-corrected chi connectivity index (χ2v) is 6.34. The third-order valence-electron chi connectivity index (χ3n) is 4.90. The van der Waals surface area contributed by atoms with E-state index >= 15 is 0 Å². The summed E-state index contributed by atoms with van der Waals surface area (Å²) in [6.45, 7) is 9.35. The predicted octanol–water partition coefficient (Wildman–Crippen LogP) is 1.04. The summed E-state index contributed by atoms with van der Waals surface area (Å²) in [5.41, 5.74) is 5.09. The first-order valence-corrected chi connectivity index (χ1v) is 7.63. The molecule has 0 radical (unpaired) electrons. The molecule has 0 heterocycles. The summed E-state index contributed by atoms with van der Waals surface area (Å²) in [7, 11) is 0. The van der Waals surface area contributed by atoms with Crippen molar-refractivity contribution >= 4 is 5.91 Å². The van der Waals surface area contributed by atoms with E-state index in [2.05, 4.69) is 12.2 Å². The number of nitrogens with two attached hydrogens (primary N) is 1. The molecule has 118 valence electrons. The first kappa shape index (κ1) is 17.4. The SMILES string of the molecule is CCOC1CC(N)(C(=O)NCC(CC)CCO)C1(C)C. The fourth-order valence-electron chi connectivity index (χ4n) is 2.85. The van der Waals surface area contributed by atoms with Crippen molar-refractivity contribution in [3.8, 4) is 0 Å². The van der Waals surface area contributed by atoms with Crippen LogP contribution in [-0.2, 0) is 9.53 Å². The molecule has 1 fully saturated rings. The van der Waals surface area contributed by atoms with Crippen LogP contribution >= 0.6 is 0 Å². The summed E-state index contributed by atoms with van der Waals surface area (Å²) < 4.78 is 5.63. The average Bonchev–Trinajstić information content (AvgIpc) is 2.42. The number of aliphatic hydroxyl groups excluding tert-OH is 1. The van der Waals surface area contributed by atoms with E-state index in [1.54, 1.807) is 0 Å². The van der Waals surface area contributed by atoms with Gasteiger partial charge in [0, 0.05) is 31.6 Å². The maximum absolute atomic E-state index is 12.4. The molecule has 1 saturated carbocycles. The third kappa shape index (κ3) is 3.15. The van der Waals surface area contributed by atoms with Crippen molar-refractivity contribution in [1.82, 2.24) is 5.32 Å². The summed E-state index contributed by atoms with van der Waals surface area (Å²) in [5, 5.41) is 11.9. The number of carbonyl (C=O) groups excluding carboxylic acids is 1. The topological polar surface area (TPSA) is 84.6 Å². The van der Waals surface area contributed by atoms with Crippen LogP contribution in [0.3, 0.4) is 0 Å². The maximum atomic E-state index is 12.4. The van der Waals surface area contributed by atoms with E-state index in [0.717, 1.165) is 6.42 Å². The highest BCUT2D eigenvalue weighted by Crippen LogP contribution is 2.49. The van der Waals surface area contributed by atoms with Gasteiger partial charge in [0.2, 0.25) is 5.91 Å². The van der Waals surface area contributed by atoms with Gasteiger partial charge in [-0.2, -0.15) is 0 Å². The van der Waals surface area contributed by atoms with Crippen molar-refractivity contribution in [2.45, 2.75) is 58.6 Å². The van der Waals surface area contributed by atoms with Crippen LogP contribution < -0.4 is 11.1 Å². The molecule has 3 unspecified atom stereocenters. The van der Waals surface area contributed by atoms with Crippen molar-refractivity contribution in [3.63, 3.8) is 0 Å². The Hall–Kier alpha value is -0.650. The molecule has 0 aliphatic heterocycles. The van der Waals surface area contributed by atoms with Crippen LogP contribution in [0.4, 0.5) is 0 Å². The third-order valence-corrected chi connectivity index (χ3v) is 4.90. The molecule has 5 nitrogen and oxygen atoms in total. The van der Waals surface area contributed by atoms with Crippen LogP contribution in [0.2, 0.25) is 0 Å². The van der Waals surface area contributed by atoms with Gasteiger partial charge in [0.25, 0.3) is 0 Å². The molecule has 1 rings (SSSR count). The normalized spacial score (nSPS) is 29.6. The van der Waals surface area contributed by atoms with Crippen LogP contribution in [0.1, 0.15) is 47.0 Å². The largest absolute Gasteiger partial charge is 0.396 e. The van der Waals surface area contributed by atoms with Crippen molar-refractivity contribution in [1.29, 1.82) is 0 Å². The van der Waals surface area contributed by atoms with Gasteiger partial charge in [-0.3, -0.25) is 4.79 Å². The number of aliphatic hydroxyl groups is 1. The number of rotatable bonds is 8. The van der Waals surface area contributed by atoms with E-state index in [9.17, 15) is 4.79 Å². The Morgan fingerprint density at radius 2 is 2.15 bits per heavy atom. The molecule has 20 heavy (non-hydrogen) atoms. The standard InChI is InChI=1S/C15H30N2O3/c1-5-11(7-8-18)10-17-13(19)15(16)9-12(20-6-2)14(15,3)4/h11-12,18H,5-10,16H2,1-4H3,(H,17,19). The van der Waals surface area contributed by atoms with E-state index in [-0.39, 0.29) is 24.0 Å². The molecule has 0 aromatic rings.